The summed E-state index contributed by atoms with van der Waals surface area (Å²) in [6, 6.07) is 16.5. The molecule has 3 rings (SSSR count). The number of guanidine groups is 1. The maximum absolute atomic E-state index is 5.88. The number of hydrogen-bond acceptors (Lipinski definition) is 5. The second-order valence-electron chi connectivity index (χ2n) is 7.13. The van der Waals surface area contributed by atoms with E-state index in [1.54, 1.807) is 25.5 Å². The molecular formula is C24H31IN4O2S. The molecule has 6 nitrogen and oxygen atoms in total. The SMILES string of the molecule is CN=C(NCc1ccc(C)cc1OCCOC)NCc1sc(-c2ccccc2)nc1C.I. The molecule has 1 heterocycles. The number of rotatable bonds is 9. The minimum absolute atomic E-state index is 0. The van der Waals surface area contributed by atoms with Crippen molar-refractivity contribution in [2.24, 2.45) is 4.99 Å². The van der Waals surface area contributed by atoms with E-state index in [0.717, 1.165) is 39.1 Å². The molecule has 1 aromatic heterocycles. The smallest absolute Gasteiger partial charge is 0.191 e. The van der Waals surface area contributed by atoms with Crippen LogP contribution in [0.4, 0.5) is 0 Å². The molecule has 2 aromatic carbocycles. The topological polar surface area (TPSA) is 67.8 Å². The Kier molecular flexibility index (Phi) is 10.9. The summed E-state index contributed by atoms with van der Waals surface area (Å²) in [5.41, 5.74) is 4.42. The number of aromatic nitrogens is 1. The number of halogens is 1. The summed E-state index contributed by atoms with van der Waals surface area (Å²) < 4.78 is 11.0. The lowest BCUT2D eigenvalue weighted by atomic mass is 10.1. The Morgan fingerprint density at radius 3 is 2.50 bits per heavy atom. The van der Waals surface area contributed by atoms with E-state index in [2.05, 4.69) is 52.9 Å². The van der Waals surface area contributed by atoms with Gasteiger partial charge in [0.25, 0.3) is 0 Å². The van der Waals surface area contributed by atoms with Crippen molar-refractivity contribution in [2.75, 3.05) is 27.4 Å². The number of nitrogens with zero attached hydrogens (tertiary/aromatic N) is 2. The Labute approximate surface area is 211 Å². The third-order valence-electron chi connectivity index (χ3n) is 4.77. The van der Waals surface area contributed by atoms with Crippen molar-refractivity contribution in [3.05, 3.63) is 70.2 Å². The van der Waals surface area contributed by atoms with Gasteiger partial charge >= 0.3 is 0 Å². The van der Waals surface area contributed by atoms with Crippen LogP contribution in [0.5, 0.6) is 5.75 Å². The minimum atomic E-state index is 0. The highest BCUT2D eigenvalue weighted by molar-refractivity contribution is 14.0. The second kappa shape index (κ2) is 13.4. The summed E-state index contributed by atoms with van der Waals surface area (Å²) in [6.07, 6.45) is 0. The van der Waals surface area contributed by atoms with E-state index in [9.17, 15) is 0 Å². The van der Waals surface area contributed by atoms with Crippen molar-refractivity contribution in [3.63, 3.8) is 0 Å². The van der Waals surface area contributed by atoms with Crippen molar-refractivity contribution in [2.45, 2.75) is 26.9 Å². The lowest BCUT2D eigenvalue weighted by Gasteiger charge is -2.15. The summed E-state index contributed by atoms with van der Waals surface area (Å²) in [5.74, 6) is 1.60. The number of benzene rings is 2. The Morgan fingerprint density at radius 2 is 1.78 bits per heavy atom. The highest BCUT2D eigenvalue weighted by atomic mass is 127. The molecule has 0 radical (unpaired) electrons. The van der Waals surface area contributed by atoms with Gasteiger partial charge in [-0.1, -0.05) is 42.5 Å². The van der Waals surface area contributed by atoms with Gasteiger partial charge in [0.1, 0.15) is 17.4 Å². The highest BCUT2D eigenvalue weighted by Crippen LogP contribution is 2.27. The van der Waals surface area contributed by atoms with E-state index in [1.165, 1.54) is 4.88 Å². The predicted octanol–water partition coefficient (Wildman–Crippen LogP) is 4.94. The van der Waals surface area contributed by atoms with Gasteiger partial charge in [0, 0.05) is 36.7 Å². The first kappa shape index (κ1) is 26.1. The van der Waals surface area contributed by atoms with Crippen LogP contribution in [0.1, 0.15) is 21.7 Å². The molecule has 172 valence electrons. The number of thiazole rings is 1. The number of ether oxygens (including phenoxy) is 2. The molecule has 0 fully saturated rings. The predicted molar refractivity (Wildman–Crippen MR) is 143 cm³/mol. The fraction of sp³-hybridized carbons (Fsp3) is 0.333. The molecule has 0 saturated heterocycles. The zero-order chi connectivity index (χ0) is 22.1. The molecular weight excluding hydrogens is 535 g/mol. The van der Waals surface area contributed by atoms with Crippen molar-refractivity contribution in [1.82, 2.24) is 15.6 Å². The van der Waals surface area contributed by atoms with E-state index in [4.69, 9.17) is 14.5 Å². The van der Waals surface area contributed by atoms with Crippen LogP contribution in [-0.2, 0) is 17.8 Å². The second-order valence-corrected chi connectivity index (χ2v) is 8.21. The Balaban J connectivity index is 0.00000363. The average Bonchev–Trinajstić information content (AvgIpc) is 3.16. The van der Waals surface area contributed by atoms with Crippen LogP contribution in [0.15, 0.2) is 53.5 Å². The fourth-order valence-electron chi connectivity index (χ4n) is 3.04. The number of aryl methyl sites for hydroxylation is 2. The van der Waals surface area contributed by atoms with Crippen LogP contribution < -0.4 is 15.4 Å². The summed E-state index contributed by atoms with van der Waals surface area (Å²) >= 11 is 1.71. The van der Waals surface area contributed by atoms with E-state index in [1.807, 2.05) is 25.1 Å². The Morgan fingerprint density at radius 1 is 1.03 bits per heavy atom. The fourth-order valence-corrected chi connectivity index (χ4v) is 4.04. The largest absolute Gasteiger partial charge is 0.491 e. The molecule has 0 aliphatic heterocycles. The van der Waals surface area contributed by atoms with E-state index in [0.29, 0.717) is 26.3 Å². The highest BCUT2D eigenvalue weighted by Gasteiger charge is 2.11. The molecule has 0 bridgehead atoms. The third-order valence-corrected chi connectivity index (χ3v) is 5.97. The first-order chi connectivity index (χ1) is 15.1. The third kappa shape index (κ3) is 7.46. The molecule has 0 amide bonds. The minimum Gasteiger partial charge on any atom is -0.491 e. The standard InChI is InChI=1S/C24H30N4O2S.HI/c1-17-10-11-20(21(14-17)30-13-12-29-4)15-26-24(25-3)27-16-22-18(2)28-23(31-22)19-8-6-5-7-9-19;/h5-11,14H,12-13,15-16H2,1-4H3,(H2,25,26,27);1H. The molecule has 2 N–H and O–H groups in total. The number of aliphatic imine (C=N–C) groups is 1. The van der Waals surface area contributed by atoms with Gasteiger partial charge in [-0.2, -0.15) is 0 Å². The monoisotopic (exact) mass is 566 g/mol. The Bertz CT molecular complexity index is 1010. The lowest BCUT2D eigenvalue weighted by molar-refractivity contribution is 0.145. The van der Waals surface area contributed by atoms with Gasteiger partial charge in [0.2, 0.25) is 0 Å². The van der Waals surface area contributed by atoms with Crippen LogP contribution >= 0.6 is 35.3 Å². The van der Waals surface area contributed by atoms with Gasteiger partial charge in [-0.05, 0) is 25.5 Å². The van der Waals surface area contributed by atoms with Crippen LogP contribution in [-0.4, -0.2) is 38.3 Å². The maximum atomic E-state index is 5.88. The summed E-state index contributed by atoms with van der Waals surface area (Å²) in [5, 5.41) is 7.81. The first-order valence-corrected chi connectivity index (χ1v) is 11.1. The quantitative estimate of drug-likeness (QED) is 0.166. The van der Waals surface area contributed by atoms with Crippen molar-refractivity contribution < 1.29 is 9.47 Å². The van der Waals surface area contributed by atoms with Crippen LogP contribution in [0, 0.1) is 13.8 Å². The van der Waals surface area contributed by atoms with Gasteiger partial charge in [-0.15, -0.1) is 35.3 Å². The molecule has 0 spiro atoms. The van der Waals surface area contributed by atoms with E-state index in [-0.39, 0.29) is 24.0 Å². The van der Waals surface area contributed by atoms with Gasteiger partial charge in [-0.25, -0.2) is 4.98 Å². The molecule has 32 heavy (non-hydrogen) atoms. The van der Waals surface area contributed by atoms with E-state index >= 15 is 0 Å². The van der Waals surface area contributed by atoms with Gasteiger partial charge < -0.3 is 20.1 Å². The van der Waals surface area contributed by atoms with Crippen molar-refractivity contribution >= 4 is 41.3 Å². The molecule has 0 aliphatic carbocycles. The first-order valence-electron chi connectivity index (χ1n) is 10.3. The molecule has 0 atom stereocenters. The number of hydrogen-bond donors (Lipinski definition) is 2. The molecule has 3 aromatic rings. The van der Waals surface area contributed by atoms with Crippen LogP contribution in [0.25, 0.3) is 10.6 Å². The zero-order valence-corrected chi connectivity index (χ0v) is 22.1. The van der Waals surface area contributed by atoms with Crippen molar-refractivity contribution in [3.8, 4) is 16.3 Å². The number of nitrogens with one attached hydrogen (secondary N) is 2. The summed E-state index contributed by atoms with van der Waals surface area (Å²) in [7, 11) is 3.45. The molecule has 8 heteroatoms. The molecule has 0 aliphatic rings. The van der Waals surface area contributed by atoms with E-state index < -0.39 is 0 Å². The summed E-state index contributed by atoms with van der Waals surface area (Å²) in [6.45, 7) is 6.46. The van der Waals surface area contributed by atoms with Gasteiger partial charge in [0.05, 0.1) is 18.8 Å². The Hall–Kier alpha value is -2.17. The van der Waals surface area contributed by atoms with Crippen molar-refractivity contribution in [1.29, 1.82) is 0 Å². The zero-order valence-electron chi connectivity index (χ0n) is 19.0. The molecule has 0 saturated carbocycles. The van der Waals surface area contributed by atoms with Gasteiger partial charge in [-0.3, -0.25) is 4.99 Å². The average molecular weight is 567 g/mol. The summed E-state index contributed by atoms with van der Waals surface area (Å²) in [4.78, 5) is 10.3. The number of methoxy groups -OCH3 is 1. The normalized spacial score (nSPS) is 11.1. The molecule has 0 unspecified atom stereocenters. The van der Waals surface area contributed by atoms with Crippen LogP contribution in [0.2, 0.25) is 0 Å². The maximum Gasteiger partial charge on any atom is 0.191 e. The lowest BCUT2D eigenvalue weighted by Crippen LogP contribution is -2.36. The van der Waals surface area contributed by atoms with Gasteiger partial charge in [0.15, 0.2) is 5.96 Å². The van der Waals surface area contributed by atoms with Crippen LogP contribution in [0.3, 0.4) is 0 Å².